The Morgan fingerprint density at radius 1 is 1.12 bits per heavy atom. The molecule has 1 saturated carbocycles. The lowest BCUT2D eigenvalue weighted by molar-refractivity contribution is -0.144. The fourth-order valence-corrected chi connectivity index (χ4v) is 3.16. The van der Waals surface area contributed by atoms with Crippen molar-refractivity contribution in [3.8, 4) is 0 Å². The summed E-state index contributed by atoms with van der Waals surface area (Å²) in [4.78, 5) is 60.9. The predicted molar refractivity (Wildman–Crippen MR) is 87.2 cm³/mol. The Labute approximate surface area is 146 Å². The topological polar surface area (TPSA) is 116 Å². The molecule has 0 aromatic heterocycles. The minimum atomic E-state index is -1.06. The molecule has 9 heteroatoms. The van der Waals surface area contributed by atoms with E-state index in [1.54, 1.807) is 13.8 Å². The normalized spacial score (nSPS) is 24.1. The maximum absolute atomic E-state index is 12.1. The van der Waals surface area contributed by atoms with E-state index in [0.717, 1.165) is 30.6 Å². The van der Waals surface area contributed by atoms with Crippen LogP contribution in [0.3, 0.4) is 0 Å². The molecule has 1 saturated heterocycles. The molecule has 138 valence electrons. The molecule has 2 rings (SSSR count). The molecule has 1 aliphatic carbocycles. The largest absolute Gasteiger partial charge is 0.335 e. The predicted octanol–water partition coefficient (Wildman–Crippen LogP) is 0.590. The summed E-state index contributed by atoms with van der Waals surface area (Å²) in [5.41, 5.74) is 0. The van der Waals surface area contributed by atoms with Crippen molar-refractivity contribution in [3.05, 3.63) is 0 Å². The first-order valence-electron chi connectivity index (χ1n) is 8.51. The standard InChI is InChI=1S/C16H24N4O5/c1-9(2)20-14(23)13(22)19(16(20)25)8-12(21)18-15(24)17-11-7-5-4-6-10(11)3/h9-11H,4-8H2,1-3H3,(H2,17,18,21,24)/t10-,11-/m0/s1. The minimum absolute atomic E-state index is 0.00499. The summed E-state index contributed by atoms with van der Waals surface area (Å²) in [6.45, 7) is 4.55. The summed E-state index contributed by atoms with van der Waals surface area (Å²) in [6, 6.07) is -2.00. The van der Waals surface area contributed by atoms with Crippen LogP contribution in [0.25, 0.3) is 0 Å². The molecule has 0 spiro atoms. The number of nitrogens with one attached hydrogen (secondary N) is 2. The van der Waals surface area contributed by atoms with Crippen molar-refractivity contribution < 1.29 is 24.0 Å². The van der Waals surface area contributed by atoms with Crippen molar-refractivity contribution in [2.45, 2.75) is 58.5 Å². The van der Waals surface area contributed by atoms with E-state index in [1.165, 1.54) is 0 Å². The third-order valence-corrected chi connectivity index (χ3v) is 4.58. The van der Waals surface area contributed by atoms with Gasteiger partial charge in [-0.05, 0) is 32.6 Å². The lowest BCUT2D eigenvalue weighted by Gasteiger charge is -2.29. The molecule has 0 aromatic rings. The van der Waals surface area contributed by atoms with Crippen molar-refractivity contribution in [3.63, 3.8) is 0 Å². The number of carbonyl (C=O) groups excluding carboxylic acids is 5. The smallest absolute Gasteiger partial charge is 0.334 e. The molecule has 2 N–H and O–H groups in total. The molecular weight excluding hydrogens is 328 g/mol. The van der Waals surface area contributed by atoms with Crippen LogP contribution in [-0.4, -0.2) is 58.2 Å². The van der Waals surface area contributed by atoms with Gasteiger partial charge in [-0.15, -0.1) is 0 Å². The molecule has 2 fully saturated rings. The Morgan fingerprint density at radius 3 is 2.32 bits per heavy atom. The maximum atomic E-state index is 12.1. The van der Waals surface area contributed by atoms with Gasteiger partial charge in [-0.3, -0.25) is 24.6 Å². The van der Waals surface area contributed by atoms with Crippen LogP contribution in [0.15, 0.2) is 0 Å². The molecule has 9 nitrogen and oxygen atoms in total. The highest BCUT2D eigenvalue weighted by molar-refractivity contribution is 6.45. The van der Waals surface area contributed by atoms with Crippen LogP contribution in [0.4, 0.5) is 9.59 Å². The van der Waals surface area contributed by atoms with Gasteiger partial charge in [-0.1, -0.05) is 19.8 Å². The Kier molecular flexibility index (Phi) is 5.76. The highest BCUT2D eigenvalue weighted by Gasteiger charge is 2.46. The number of hydrogen-bond donors (Lipinski definition) is 2. The van der Waals surface area contributed by atoms with Crippen LogP contribution in [0, 0.1) is 5.92 Å². The maximum Gasteiger partial charge on any atom is 0.334 e. The van der Waals surface area contributed by atoms with Crippen molar-refractivity contribution in [1.82, 2.24) is 20.4 Å². The van der Waals surface area contributed by atoms with Gasteiger partial charge in [0.25, 0.3) is 0 Å². The second-order valence-electron chi connectivity index (χ2n) is 6.83. The Balaban J connectivity index is 1.89. The van der Waals surface area contributed by atoms with Crippen LogP contribution in [0.1, 0.15) is 46.5 Å². The van der Waals surface area contributed by atoms with Gasteiger partial charge < -0.3 is 5.32 Å². The van der Waals surface area contributed by atoms with E-state index in [4.69, 9.17) is 0 Å². The Hall–Kier alpha value is -2.45. The van der Waals surface area contributed by atoms with Crippen molar-refractivity contribution in [2.75, 3.05) is 6.54 Å². The summed E-state index contributed by atoms with van der Waals surface area (Å²) in [5, 5.41) is 4.86. The summed E-state index contributed by atoms with van der Waals surface area (Å²) < 4.78 is 0. The van der Waals surface area contributed by atoms with E-state index in [2.05, 4.69) is 10.6 Å². The molecule has 0 unspecified atom stereocenters. The van der Waals surface area contributed by atoms with E-state index in [1.807, 2.05) is 6.92 Å². The minimum Gasteiger partial charge on any atom is -0.335 e. The number of rotatable bonds is 4. The first-order chi connectivity index (χ1) is 11.7. The van der Waals surface area contributed by atoms with Crippen molar-refractivity contribution >= 4 is 29.8 Å². The second kappa shape index (κ2) is 7.62. The van der Waals surface area contributed by atoms with E-state index >= 15 is 0 Å². The van der Waals surface area contributed by atoms with Crippen LogP contribution in [0.2, 0.25) is 0 Å². The van der Waals surface area contributed by atoms with Gasteiger partial charge in [-0.2, -0.15) is 0 Å². The Bertz CT molecular complexity index is 603. The molecule has 0 aromatic carbocycles. The number of carbonyl (C=O) groups is 5. The molecule has 1 aliphatic heterocycles. The fourth-order valence-electron chi connectivity index (χ4n) is 3.16. The molecule has 0 bridgehead atoms. The number of nitrogens with zero attached hydrogens (tertiary/aromatic N) is 2. The lowest BCUT2D eigenvalue weighted by atomic mass is 9.86. The van der Waals surface area contributed by atoms with Gasteiger partial charge in [-0.25, -0.2) is 14.5 Å². The highest BCUT2D eigenvalue weighted by Crippen LogP contribution is 2.23. The van der Waals surface area contributed by atoms with Gasteiger partial charge in [0.05, 0.1) is 0 Å². The third kappa shape index (κ3) is 4.15. The molecule has 1 heterocycles. The average Bonchev–Trinajstić information content (AvgIpc) is 2.73. The molecular formula is C16H24N4O5. The van der Waals surface area contributed by atoms with Crippen molar-refractivity contribution in [2.24, 2.45) is 5.92 Å². The molecule has 0 radical (unpaired) electrons. The average molecular weight is 352 g/mol. The van der Waals surface area contributed by atoms with Gasteiger partial charge in [0, 0.05) is 12.1 Å². The first-order valence-corrected chi connectivity index (χ1v) is 8.51. The fraction of sp³-hybridized carbons (Fsp3) is 0.688. The summed E-state index contributed by atoms with van der Waals surface area (Å²) in [5.74, 6) is -2.52. The molecule has 7 amide bonds. The molecule has 2 atom stereocenters. The highest BCUT2D eigenvalue weighted by atomic mass is 16.2. The monoisotopic (exact) mass is 352 g/mol. The first kappa shape index (κ1) is 18.9. The third-order valence-electron chi connectivity index (χ3n) is 4.58. The van der Waals surface area contributed by atoms with Gasteiger partial charge in [0.2, 0.25) is 5.91 Å². The summed E-state index contributed by atoms with van der Waals surface area (Å²) >= 11 is 0. The van der Waals surface area contributed by atoms with Crippen LogP contribution in [-0.2, 0) is 14.4 Å². The van der Waals surface area contributed by atoms with Gasteiger partial charge >= 0.3 is 23.9 Å². The zero-order valence-corrected chi connectivity index (χ0v) is 14.7. The van der Waals surface area contributed by atoms with Crippen molar-refractivity contribution in [1.29, 1.82) is 0 Å². The second-order valence-corrected chi connectivity index (χ2v) is 6.83. The number of amides is 7. The summed E-state index contributed by atoms with van der Waals surface area (Å²) in [7, 11) is 0. The SMILES string of the molecule is CC(C)N1C(=O)C(=O)N(CC(=O)NC(=O)N[C@H]2CCCC[C@@H]2C)C1=O. The van der Waals surface area contributed by atoms with E-state index < -0.39 is 42.4 Å². The molecule has 25 heavy (non-hydrogen) atoms. The van der Waals surface area contributed by atoms with E-state index in [0.29, 0.717) is 10.8 Å². The van der Waals surface area contributed by atoms with Gasteiger partial charge in [0.1, 0.15) is 6.54 Å². The Morgan fingerprint density at radius 2 is 1.76 bits per heavy atom. The van der Waals surface area contributed by atoms with Gasteiger partial charge in [0.15, 0.2) is 0 Å². The lowest BCUT2D eigenvalue weighted by Crippen LogP contribution is -2.50. The summed E-state index contributed by atoms with van der Waals surface area (Å²) in [6.07, 6.45) is 4.01. The molecule has 2 aliphatic rings. The van der Waals surface area contributed by atoms with Crippen LogP contribution < -0.4 is 10.6 Å². The number of urea groups is 2. The zero-order chi connectivity index (χ0) is 18.7. The van der Waals surface area contributed by atoms with Crippen LogP contribution in [0.5, 0.6) is 0 Å². The quantitative estimate of drug-likeness (QED) is 0.567. The number of imide groups is 3. The number of hydrogen-bond acceptors (Lipinski definition) is 5. The van der Waals surface area contributed by atoms with Crippen LogP contribution >= 0.6 is 0 Å². The van der Waals surface area contributed by atoms with E-state index in [-0.39, 0.29) is 6.04 Å². The zero-order valence-electron chi connectivity index (χ0n) is 14.7. The van der Waals surface area contributed by atoms with E-state index in [9.17, 15) is 24.0 Å².